The molecule has 2 heterocycles. The molecule has 1 aliphatic rings. The zero-order valence-corrected chi connectivity index (χ0v) is 13.9. The molecule has 2 aromatic rings. The van der Waals surface area contributed by atoms with Crippen molar-refractivity contribution in [2.24, 2.45) is 5.92 Å². The van der Waals surface area contributed by atoms with E-state index < -0.39 is 5.97 Å². The van der Waals surface area contributed by atoms with Crippen LogP contribution in [0, 0.1) is 18.7 Å². The summed E-state index contributed by atoms with van der Waals surface area (Å²) in [6.45, 7) is 3.56. The molecule has 3 nitrogen and oxygen atoms in total. The Morgan fingerprint density at radius 2 is 1.96 bits per heavy atom. The van der Waals surface area contributed by atoms with E-state index in [0.717, 1.165) is 18.7 Å². The van der Waals surface area contributed by atoms with Gasteiger partial charge >= 0.3 is 5.97 Å². The second-order valence-corrected chi connectivity index (χ2v) is 7.07. The monoisotopic (exact) mass is 333 g/mol. The molecule has 0 aliphatic carbocycles. The number of carboxylic acids is 1. The number of halogens is 1. The molecule has 1 aromatic carbocycles. The van der Waals surface area contributed by atoms with Crippen molar-refractivity contribution in [1.29, 1.82) is 0 Å². The third-order valence-corrected chi connectivity index (χ3v) is 5.55. The Morgan fingerprint density at radius 3 is 2.48 bits per heavy atom. The van der Waals surface area contributed by atoms with Crippen LogP contribution in [0.5, 0.6) is 0 Å². The molecule has 122 valence electrons. The van der Waals surface area contributed by atoms with Gasteiger partial charge in [-0.15, -0.1) is 11.3 Å². The summed E-state index contributed by atoms with van der Waals surface area (Å²) in [6, 6.07) is 8.89. The first-order chi connectivity index (χ1) is 11.0. The third kappa shape index (κ3) is 3.62. The fraction of sp³-hybridized carbons (Fsp3) is 0.389. The highest BCUT2D eigenvalue weighted by Gasteiger charge is 2.30. The maximum atomic E-state index is 13.3. The van der Waals surface area contributed by atoms with Crippen molar-refractivity contribution in [2.45, 2.75) is 25.8 Å². The minimum absolute atomic E-state index is 0.0732. The summed E-state index contributed by atoms with van der Waals surface area (Å²) >= 11 is 1.71. The van der Waals surface area contributed by atoms with Gasteiger partial charge in [0, 0.05) is 4.88 Å². The Kier molecular flexibility index (Phi) is 4.78. The van der Waals surface area contributed by atoms with Gasteiger partial charge in [0.15, 0.2) is 0 Å². The molecule has 0 spiro atoms. The second kappa shape index (κ2) is 6.81. The summed E-state index contributed by atoms with van der Waals surface area (Å²) < 4.78 is 13.3. The van der Waals surface area contributed by atoms with Crippen molar-refractivity contribution in [1.82, 2.24) is 4.90 Å². The SMILES string of the molecule is Cc1csc(C(c2ccc(F)cc2)N2CCC(C(=O)O)CC2)c1. The van der Waals surface area contributed by atoms with Crippen LogP contribution in [-0.4, -0.2) is 29.1 Å². The zero-order valence-electron chi connectivity index (χ0n) is 13.0. The molecule has 1 N–H and O–H groups in total. The Morgan fingerprint density at radius 1 is 1.30 bits per heavy atom. The van der Waals surface area contributed by atoms with E-state index in [-0.39, 0.29) is 17.8 Å². The number of aliphatic carboxylic acids is 1. The van der Waals surface area contributed by atoms with E-state index in [1.165, 1.54) is 22.6 Å². The molecular weight excluding hydrogens is 313 g/mol. The fourth-order valence-electron chi connectivity index (χ4n) is 3.20. The van der Waals surface area contributed by atoms with E-state index >= 15 is 0 Å². The predicted octanol–water partition coefficient (Wildman–Crippen LogP) is 4.08. The summed E-state index contributed by atoms with van der Waals surface area (Å²) in [6.07, 6.45) is 1.33. The van der Waals surface area contributed by atoms with Crippen molar-refractivity contribution in [3.63, 3.8) is 0 Å². The number of nitrogens with zero attached hydrogens (tertiary/aromatic N) is 1. The zero-order chi connectivity index (χ0) is 16.4. The van der Waals surface area contributed by atoms with Crippen LogP contribution in [-0.2, 0) is 4.79 Å². The maximum Gasteiger partial charge on any atom is 0.306 e. The normalized spacial score (nSPS) is 18.0. The van der Waals surface area contributed by atoms with Crippen LogP contribution < -0.4 is 0 Å². The predicted molar refractivity (Wildman–Crippen MR) is 89.2 cm³/mol. The van der Waals surface area contributed by atoms with Gasteiger partial charge in [-0.1, -0.05) is 12.1 Å². The molecule has 23 heavy (non-hydrogen) atoms. The van der Waals surface area contributed by atoms with Crippen LogP contribution in [0.1, 0.15) is 34.9 Å². The first-order valence-electron chi connectivity index (χ1n) is 7.82. The van der Waals surface area contributed by atoms with Gasteiger partial charge in [0.25, 0.3) is 0 Å². The van der Waals surface area contributed by atoms with Crippen LogP contribution in [0.15, 0.2) is 35.7 Å². The minimum Gasteiger partial charge on any atom is -0.481 e. The number of thiophene rings is 1. The third-order valence-electron chi connectivity index (χ3n) is 4.45. The summed E-state index contributed by atoms with van der Waals surface area (Å²) in [5.41, 5.74) is 2.28. The van der Waals surface area contributed by atoms with Gasteiger partial charge in [-0.3, -0.25) is 9.69 Å². The Hall–Kier alpha value is -1.72. The summed E-state index contributed by atoms with van der Waals surface area (Å²) in [4.78, 5) is 14.7. The minimum atomic E-state index is -0.699. The highest BCUT2D eigenvalue weighted by molar-refractivity contribution is 7.10. The standard InChI is InChI=1S/C18H20FNO2S/c1-12-10-16(23-11-12)17(13-2-4-15(19)5-3-13)20-8-6-14(7-9-20)18(21)22/h2-5,10-11,14,17H,6-9H2,1H3,(H,21,22). The number of benzene rings is 1. The van der Waals surface area contributed by atoms with Gasteiger partial charge in [-0.05, 0) is 67.6 Å². The van der Waals surface area contributed by atoms with E-state index in [2.05, 4.69) is 23.3 Å². The largest absolute Gasteiger partial charge is 0.481 e. The van der Waals surface area contributed by atoms with Crippen LogP contribution in [0.25, 0.3) is 0 Å². The van der Waals surface area contributed by atoms with Crippen LogP contribution in [0.4, 0.5) is 4.39 Å². The van der Waals surface area contributed by atoms with Crippen molar-refractivity contribution in [3.8, 4) is 0 Å². The molecule has 3 rings (SSSR count). The summed E-state index contributed by atoms with van der Waals surface area (Å²) in [7, 11) is 0. The fourth-order valence-corrected chi connectivity index (χ4v) is 4.26. The van der Waals surface area contributed by atoms with Gasteiger partial charge in [0.05, 0.1) is 12.0 Å². The number of carbonyl (C=O) groups is 1. The maximum absolute atomic E-state index is 13.3. The Labute approximate surface area is 139 Å². The van der Waals surface area contributed by atoms with E-state index in [0.29, 0.717) is 12.8 Å². The molecule has 1 unspecified atom stereocenters. The van der Waals surface area contributed by atoms with Gasteiger partial charge in [-0.25, -0.2) is 4.39 Å². The lowest BCUT2D eigenvalue weighted by Crippen LogP contribution is -2.39. The van der Waals surface area contributed by atoms with E-state index in [4.69, 9.17) is 0 Å². The first-order valence-corrected chi connectivity index (χ1v) is 8.70. The second-order valence-electron chi connectivity index (χ2n) is 6.13. The Balaban J connectivity index is 1.87. The lowest BCUT2D eigenvalue weighted by atomic mass is 9.93. The molecule has 1 aromatic heterocycles. The van der Waals surface area contributed by atoms with Crippen LogP contribution in [0.3, 0.4) is 0 Å². The average molecular weight is 333 g/mol. The number of carboxylic acid groups (broad SMARTS) is 1. The van der Waals surface area contributed by atoms with Crippen molar-refractivity contribution in [3.05, 3.63) is 57.5 Å². The van der Waals surface area contributed by atoms with E-state index in [1.807, 2.05) is 12.1 Å². The molecule has 5 heteroatoms. The van der Waals surface area contributed by atoms with Gasteiger partial charge in [-0.2, -0.15) is 0 Å². The average Bonchev–Trinajstić information content (AvgIpc) is 2.96. The van der Waals surface area contributed by atoms with E-state index in [9.17, 15) is 14.3 Å². The lowest BCUT2D eigenvalue weighted by Gasteiger charge is -2.36. The highest BCUT2D eigenvalue weighted by atomic mass is 32.1. The highest BCUT2D eigenvalue weighted by Crippen LogP contribution is 2.35. The number of piperidine rings is 1. The molecule has 0 amide bonds. The lowest BCUT2D eigenvalue weighted by molar-refractivity contribution is -0.143. The number of likely N-dealkylation sites (tertiary alicyclic amines) is 1. The topological polar surface area (TPSA) is 40.5 Å². The summed E-state index contributed by atoms with van der Waals surface area (Å²) in [5, 5.41) is 11.3. The Bertz CT molecular complexity index is 675. The molecule has 0 bridgehead atoms. The van der Waals surface area contributed by atoms with Crippen LogP contribution in [0.2, 0.25) is 0 Å². The van der Waals surface area contributed by atoms with Gasteiger partial charge < -0.3 is 5.11 Å². The molecule has 1 saturated heterocycles. The molecule has 1 atom stereocenters. The smallest absolute Gasteiger partial charge is 0.306 e. The summed E-state index contributed by atoms with van der Waals surface area (Å²) in [5.74, 6) is -1.18. The molecular formula is C18H20FNO2S. The number of rotatable bonds is 4. The van der Waals surface area contributed by atoms with E-state index in [1.54, 1.807) is 11.3 Å². The molecule has 0 radical (unpaired) electrons. The van der Waals surface area contributed by atoms with Crippen molar-refractivity contribution < 1.29 is 14.3 Å². The van der Waals surface area contributed by atoms with Crippen molar-refractivity contribution >= 4 is 17.3 Å². The molecule has 0 saturated carbocycles. The quantitative estimate of drug-likeness (QED) is 0.916. The number of aryl methyl sites for hydroxylation is 1. The molecule has 1 fully saturated rings. The van der Waals surface area contributed by atoms with Gasteiger partial charge in [0.2, 0.25) is 0 Å². The number of hydrogen-bond acceptors (Lipinski definition) is 3. The molecule has 1 aliphatic heterocycles. The van der Waals surface area contributed by atoms with Crippen LogP contribution >= 0.6 is 11.3 Å². The first kappa shape index (κ1) is 16.1. The van der Waals surface area contributed by atoms with Crippen molar-refractivity contribution in [2.75, 3.05) is 13.1 Å². The van der Waals surface area contributed by atoms with Gasteiger partial charge in [0.1, 0.15) is 5.82 Å². The number of hydrogen-bond donors (Lipinski definition) is 1.